The van der Waals surface area contributed by atoms with Crippen LogP contribution in [0.3, 0.4) is 0 Å². The van der Waals surface area contributed by atoms with Crippen LogP contribution in [0, 0.1) is 17.1 Å². The van der Waals surface area contributed by atoms with Gasteiger partial charge < -0.3 is 5.11 Å². The van der Waals surface area contributed by atoms with E-state index in [2.05, 4.69) is 4.98 Å². The quantitative estimate of drug-likeness (QED) is 0.857. The molecule has 84 valence electrons. The topological polar surface area (TPSA) is 56.9 Å². The van der Waals surface area contributed by atoms with Gasteiger partial charge in [0.2, 0.25) is 0 Å². The van der Waals surface area contributed by atoms with E-state index in [0.29, 0.717) is 16.7 Å². The molecule has 1 atom stereocenters. The lowest BCUT2D eigenvalue weighted by Gasteiger charge is -2.10. The van der Waals surface area contributed by atoms with Gasteiger partial charge in [0.15, 0.2) is 0 Å². The highest BCUT2D eigenvalue weighted by Crippen LogP contribution is 2.21. The molecule has 0 aliphatic carbocycles. The molecular weight excluding hydrogens is 219 g/mol. The molecule has 2 aromatic rings. The number of aliphatic hydroxyl groups excluding tert-OH is 1. The summed E-state index contributed by atoms with van der Waals surface area (Å²) in [5.41, 5.74) is 1.49. The zero-order valence-corrected chi connectivity index (χ0v) is 8.84. The molecule has 0 radical (unpaired) electrons. The number of benzene rings is 1. The fourth-order valence-corrected chi connectivity index (χ4v) is 1.51. The minimum Gasteiger partial charge on any atom is -0.384 e. The van der Waals surface area contributed by atoms with Crippen LogP contribution in [0.2, 0.25) is 0 Å². The monoisotopic (exact) mass is 228 g/mol. The summed E-state index contributed by atoms with van der Waals surface area (Å²) in [5.74, 6) is -0.491. The van der Waals surface area contributed by atoms with Crippen molar-refractivity contribution >= 4 is 0 Å². The highest BCUT2D eigenvalue weighted by Gasteiger charge is 2.11. The summed E-state index contributed by atoms with van der Waals surface area (Å²) in [6, 6.07) is 9.69. The number of rotatable bonds is 2. The van der Waals surface area contributed by atoms with Gasteiger partial charge in [0, 0.05) is 11.8 Å². The molecule has 1 unspecified atom stereocenters. The number of hydrogen-bond donors (Lipinski definition) is 1. The smallest absolute Gasteiger partial charge is 0.141 e. The number of nitriles is 1. The standard InChI is InChI=1S/C13H9FN2O/c14-12-5-11(7-16-8-12)13(17)10-3-1-9(6-15)2-4-10/h1-5,7-8,13,17H. The molecule has 1 aromatic heterocycles. The average molecular weight is 228 g/mol. The Bertz CT molecular complexity index is 560. The summed E-state index contributed by atoms with van der Waals surface area (Å²) < 4.78 is 12.9. The molecule has 0 bridgehead atoms. The minimum absolute atomic E-state index is 0.384. The van der Waals surface area contributed by atoms with Crippen LogP contribution in [0.4, 0.5) is 4.39 Å². The van der Waals surface area contributed by atoms with E-state index in [1.54, 1.807) is 24.3 Å². The van der Waals surface area contributed by atoms with E-state index < -0.39 is 11.9 Å². The molecule has 0 aliphatic heterocycles. The van der Waals surface area contributed by atoms with Crippen LogP contribution in [0.1, 0.15) is 22.8 Å². The first-order valence-corrected chi connectivity index (χ1v) is 4.99. The number of halogens is 1. The molecule has 1 heterocycles. The van der Waals surface area contributed by atoms with Gasteiger partial charge >= 0.3 is 0 Å². The molecule has 3 nitrogen and oxygen atoms in total. The second kappa shape index (κ2) is 4.73. The van der Waals surface area contributed by atoms with E-state index in [0.717, 1.165) is 6.20 Å². The number of hydrogen-bond acceptors (Lipinski definition) is 3. The molecule has 0 spiro atoms. The molecule has 1 N–H and O–H groups in total. The third kappa shape index (κ3) is 2.47. The zero-order chi connectivity index (χ0) is 12.3. The maximum atomic E-state index is 12.9. The largest absolute Gasteiger partial charge is 0.384 e. The summed E-state index contributed by atoms with van der Waals surface area (Å²) in [4.78, 5) is 3.68. The van der Waals surface area contributed by atoms with E-state index in [1.807, 2.05) is 6.07 Å². The molecule has 0 saturated heterocycles. The first-order valence-electron chi connectivity index (χ1n) is 4.99. The van der Waals surface area contributed by atoms with Crippen LogP contribution < -0.4 is 0 Å². The lowest BCUT2D eigenvalue weighted by Crippen LogP contribution is -2.00. The highest BCUT2D eigenvalue weighted by atomic mass is 19.1. The van der Waals surface area contributed by atoms with Gasteiger partial charge in [-0.25, -0.2) is 4.39 Å². The van der Waals surface area contributed by atoms with Gasteiger partial charge in [-0.3, -0.25) is 4.98 Å². The Morgan fingerprint density at radius 1 is 1.18 bits per heavy atom. The number of nitrogens with zero attached hydrogens (tertiary/aromatic N) is 2. The predicted molar refractivity (Wildman–Crippen MR) is 59.4 cm³/mol. The van der Waals surface area contributed by atoms with Gasteiger partial charge in [-0.15, -0.1) is 0 Å². The Balaban J connectivity index is 2.30. The normalized spacial score (nSPS) is 11.8. The molecule has 17 heavy (non-hydrogen) atoms. The van der Waals surface area contributed by atoms with Crippen LogP contribution in [-0.2, 0) is 0 Å². The molecule has 0 fully saturated rings. The number of pyridine rings is 1. The summed E-state index contributed by atoms with van der Waals surface area (Å²) in [5, 5.41) is 18.6. The molecule has 0 saturated carbocycles. The molecular formula is C13H9FN2O. The van der Waals surface area contributed by atoms with E-state index in [-0.39, 0.29) is 0 Å². The van der Waals surface area contributed by atoms with Crippen molar-refractivity contribution in [2.75, 3.05) is 0 Å². The molecule has 4 heteroatoms. The first-order chi connectivity index (χ1) is 8.20. The van der Waals surface area contributed by atoms with Gasteiger partial charge in [-0.05, 0) is 23.8 Å². The van der Waals surface area contributed by atoms with Crippen LogP contribution in [0.15, 0.2) is 42.7 Å². The van der Waals surface area contributed by atoms with Gasteiger partial charge in [-0.2, -0.15) is 5.26 Å². The zero-order valence-electron chi connectivity index (χ0n) is 8.84. The second-order valence-electron chi connectivity index (χ2n) is 3.57. The van der Waals surface area contributed by atoms with Crippen molar-refractivity contribution in [3.63, 3.8) is 0 Å². The van der Waals surface area contributed by atoms with E-state index in [9.17, 15) is 9.50 Å². The van der Waals surface area contributed by atoms with E-state index in [1.165, 1.54) is 12.3 Å². The molecule has 1 aromatic carbocycles. The Kier molecular flexibility index (Phi) is 3.12. The van der Waals surface area contributed by atoms with Gasteiger partial charge in [0.1, 0.15) is 11.9 Å². The van der Waals surface area contributed by atoms with Crippen molar-refractivity contribution in [2.24, 2.45) is 0 Å². The lowest BCUT2D eigenvalue weighted by atomic mass is 10.0. The molecule has 0 aliphatic rings. The third-order valence-electron chi connectivity index (χ3n) is 2.40. The lowest BCUT2D eigenvalue weighted by molar-refractivity contribution is 0.219. The second-order valence-corrected chi connectivity index (χ2v) is 3.57. The number of aromatic nitrogens is 1. The van der Waals surface area contributed by atoms with Gasteiger partial charge in [-0.1, -0.05) is 12.1 Å². The fourth-order valence-electron chi connectivity index (χ4n) is 1.51. The van der Waals surface area contributed by atoms with Gasteiger partial charge in [0.05, 0.1) is 17.8 Å². The van der Waals surface area contributed by atoms with Crippen molar-refractivity contribution in [2.45, 2.75) is 6.10 Å². The van der Waals surface area contributed by atoms with Gasteiger partial charge in [0.25, 0.3) is 0 Å². The maximum absolute atomic E-state index is 12.9. The van der Waals surface area contributed by atoms with Crippen molar-refractivity contribution in [1.82, 2.24) is 4.98 Å². The molecule has 2 rings (SSSR count). The Morgan fingerprint density at radius 2 is 1.88 bits per heavy atom. The average Bonchev–Trinajstić information content (AvgIpc) is 2.38. The maximum Gasteiger partial charge on any atom is 0.141 e. The highest BCUT2D eigenvalue weighted by molar-refractivity contribution is 5.35. The van der Waals surface area contributed by atoms with E-state index >= 15 is 0 Å². The summed E-state index contributed by atoms with van der Waals surface area (Å²) in [7, 11) is 0. The van der Waals surface area contributed by atoms with Crippen molar-refractivity contribution in [1.29, 1.82) is 5.26 Å². The van der Waals surface area contributed by atoms with Crippen LogP contribution in [0.5, 0.6) is 0 Å². The minimum atomic E-state index is -0.939. The van der Waals surface area contributed by atoms with E-state index in [4.69, 9.17) is 5.26 Å². The predicted octanol–water partition coefficient (Wildman–Crippen LogP) is 2.17. The van der Waals surface area contributed by atoms with Crippen LogP contribution in [-0.4, -0.2) is 10.1 Å². The van der Waals surface area contributed by atoms with Crippen molar-refractivity contribution < 1.29 is 9.50 Å². The number of aliphatic hydroxyl groups is 1. The summed E-state index contributed by atoms with van der Waals surface area (Å²) in [6.45, 7) is 0. The van der Waals surface area contributed by atoms with Crippen LogP contribution in [0.25, 0.3) is 0 Å². The first kappa shape index (κ1) is 11.2. The van der Waals surface area contributed by atoms with Crippen LogP contribution >= 0.6 is 0 Å². The Morgan fingerprint density at radius 3 is 2.47 bits per heavy atom. The summed E-state index contributed by atoms with van der Waals surface area (Å²) >= 11 is 0. The summed E-state index contributed by atoms with van der Waals surface area (Å²) in [6.07, 6.45) is 1.55. The Hall–Kier alpha value is -2.25. The molecule has 0 amide bonds. The SMILES string of the molecule is N#Cc1ccc(C(O)c2cncc(F)c2)cc1. The fraction of sp³-hybridized carbons (Fsp3) is 0.0769. The van der Waals surface area contributed by atoms with Crippen molar-refractivity contribution in [3.05, 3.63) is 65.2 Å². The Labute approximate surface area is 97.8 Å². The van der Waals surface area contributed by atoms with Crippen molar-refractivity contribution in [3.8, 4) is 6.07 Å². The third-order valence-corrected chi connectivity index (χ3v) is 2.40.